The Balaban J connectivity index is 1.76. The van der Waals surface area contributed by atoms with E-state index in [1.54, 1.807) is 28.9 Å². The average molecular weight is 476 g/mol. The summed E-state index contributed by atoms with van der Waals surface area (Å²) in [6.07, 6.45) is -0.457. The van der Waals surface area contributed by atoms with Crippen molar-refractivity contribution in [3.05, 3.63) is 47.7 Å². The molecular formula is C25H38FN3O3Si. The van der Waals surface area contributed by atoms with E-state index in [0.29, 0.717) is 24.2 Å². The second-order valence-corrected chi connectivity index (χ2v) is 16.3. The Morgan fingerprint density at radius 2 is 1.76 bits per heavy atom. The van der Waals surface area contributed by atoms with Crippen LogP contribution in [0.3, 0.4) is 0 Å². The molecule has 0 spiro atoms. The normalized spacial score (nSPS) is 21.8. The first-order valence-electron chi connectivity index (χ1n) is 11.6. The molecule has 0 saturated heterocycles. The van der Waals surface area contributed by atoms with Crippen molar-refractivity contribution in [2.75, 3.05) is 5.48 Å². The first-order chi connectivity index (χ1) is 15.2. The van der Waals surface area contributed by atoms with Gasteiger partial charge in [0.2, 0.25) is 0 Å². The first kappa shape index (κ1) is 25.4. The molecule has 1 fully saturated rings. The molecule has 182 valence electrons. The second kappa shape index (κ2) is 9.22. The summed E-state index contributed by atoms with van der Waals surface area (Å²) in [6, 6.07) is 10.6. The minimum atomic E-state index is -2.07. The van der Waals surface area contributed by atoms with Gasteiger partial charge in [0, 0.05) is 12.0 Å². The van der Waals surface area contributed by atoms with E-state index in [-0.39, 0.29) is 16.5 Å². The summed E-state index contributed by atoms with van der Waals surface area (Å²) in [5.74, 6) is 0.0287. The van der Waals surface area contributed by atoms with Crippen LogP contribution in [0.2, 0.25) is 18.1 Å². The van der Waals surface area contributed by atoms with E-state index in [1.165, 1.54) is 0 Å². The summed E-state index contributed by atoms with van der Waals surface area (Å²) >= 11 is 0. The van der Waals surface area contributed by atoms with Crippen molar-refractivity contribution in [1.29, 1.82) is 0 Å². The number of rotatable bonds is 6. The molecule has 1 aliphatic rings. The highest BCUT2D eigenvalue weighted by atomic mass is 28.4. The van der Waals surface area contributed by atoms with Crippen LogP contribution in [0.5, 0.6) is 0 Å². The lowest BCUT2D eigenvalue weighted by Gasteiger charge is -2.38. The fraction of sp³-hybridized carbons (Fsp3) is 0.600. The molecule has 33 heavy (non-hydrogen) atoms. The molecule has 1 heterocycles. The maximum atomic E-state index is 15.0. The summed E-state index contributed by atoms with van der Waals surface area (Å²) < 4.78 is 23.2. The molecule has 0 amide bonds. The molecule has 3 atom stereocenters. The van der Waals surface area contributed by atoms with Gasteiger partial charge in [-0.3, -0.25) is 0 Å². The largest absolute Gasteiger partial charge is 0.411 e. The summed E-state index contributed by atoms with van der Waals surface area (Å²) in [6.45, 7) is 16.9. The Labute approximate surface area is 197 Å². The SMILES string of the molecule is CC(C)(C)n1nc([C@H]2CC(O[Si](C)(C)C(C)(C)C)[C@@H](F)C2)cc1NOC(=O)c1ccccc1. The summed E-state index contributed by atoms with van der Waals surface area (Å²) in [4.78, 5) is 17.7. The van der Waals surface area contributed by atoms with E-state index in [2.05, 4.69) is 39.3 Å². The number of anilines is 1. The molecule has 3 rings (SSSR count). The molecule has 0 aliphatic heterocycles. The number of aromatic nitrogens is 2. The lowest BCUT2D eigenvalue weighted by Crippen LogP contribution is -2.45. The number of nitrogens with zero attached hydrogens (tertiary/aromatic N) is 2. The van der Waals surface area contributed by atoms with E-state index >= 15 is 4.39 Å². The zero-order chi connectivity index (χ0) is 24.6. The van der Waals surface area contributed by atoms with Gasteiger partial charge in [-0.1, -0.05) is 39.0 Å². The van der Waals surface area contributed by atoms with Crippen molar-refractivity contribution in [1.82, 2.24) is 9.78 Å². The number of nitrogens with one attached hydrogen (secondary N) is 1. The summed E-state index contributed by atoms with van der Waals surface area (Å²) in [5, 5.41) is 4.81. The van der Waals surface area contributed by atoms with Crippen LogP contribution < -0.4 is 5.48 Å². The van der Waals surface area contributed by atoms with Crippen LogP contribution in [0.15, 0.2) is 36.4 Å². The van der Waals surface area contributed by atoms with E-state index in [4.69, 9.17) is 14.4 Å². The quantitative estimate of drug-likeness (QED) is 0.385. The number of hydrogen-bond donors (Lipinski definition) is 1. The third kappa shape index (κ3) is 5.84. The Kier molecular flexibility index (Phi) is 7.10. The lowest BCUT2D eigenvalue weighted by atomic mass is 10.0. The Morgan fingerprint density at radius 1 is 1.12 bits per heavy atom. The minimum Gasteiger partial charge on any atom is -0.411 e. The highest BCUT2D eigenvalue weighted by molar-refractivity contribution is 6.74. The predicted octanol–water partition coefficient (Wildman–Crippen LogP) is 6.43. The molecule has 1 aromatic carbocycles. The zero-order valence-electron chi connectivity index (χ0n) is 21.1. The minimum absolute atomic E-state index is 0.0261. The fourth-order valence-corrected chi connectivity index (χ4v) is 5.14. The predicted molar refractivity (Wildman–Crippen MR) is 132 cm³/mol. The number of carbonyl (C=O) groups excluding carboxylic acids is 1. The third-order valence-electron chi connectivity index (χ3n) is 6.72. The van der Waals surface area contributed by atoms with Crippen molar-refractivity contribution >= 4 is 20.1 Å². The molecule has 0 bridgehead atoms. The maximum absolute atomic E-state index is 15.0. The highest BCUT2D eigenvalue weighted by Gasteiger charge is 2.45. The van der Waals surface area contributed by atoms with Crippen LogP contribution in [-0.4, -0.2) is 36.3 Å². The number of hydrogen-bond acceptors (Lipinski definition) is 5. The monoisotopic (exact) mass is 475 g/mol. The number of halogens is 1. The van der Waals surface area contributed by atoms with Crippen molar-refractivity contribution < 1.29 is 18.4 Å². The Hall–Kier alpha value is -2.19. The maximum Gasteiger partial charge on any atom is 0.362 e. The molecular weight excluding hydrogens is 437 g/mol. The fourth-order valence-electron chi connectivity index (χ4n) is 3.78. The van der Waals surface area contributed by atoms with Crippen molar-refractivity contribution in [2.24, 2.45) is 0 Å². The highest BCUT2D eigenvalue weighted by Crippen LogP contribution is 2.44. The Morgan fingerprint density at radius 3 is 2.33 bits per heavy atom. The molecule has 2 aromatic rings. The smallest absolute Gasteiger partial charge is 0.362 e. The molecule has 8 heteroatoms. The van der Waals surface area contributed by atoms with Gasteiger partial charge in [0.05, 0.1) is 22.9 Å². The lowest BCUT2D eigenvalue weighted by molar-refractivity contribution is 0.0591. The van der Waals surface area contributed by atoms with Crippen LogP contribution in [0.25, 0.3) is 0 Å². The van der Waals surface area contributed by atoms with E-state index < -0.39 is 26.6 Å². The van der Waals surface area contributed by atoms with Crippen molar-refractivity contribution in [3.63, 3.8) is 0 Å². The van der Waals surface area contributed by atoms with E-state index in [1.807, 2.05) is 32.9 Å². The van der Waals surface area contributed by atoms with Crippen LogP contribution in [0.1, 0.15) is 76.4 Å². The summed E-state index contributed by atoms with van der Waals surface area (Å²) in [7, 11) is -2.07. The molecule has 6 nitrogen and oxygen atoms in total. The average Bonchev–Trinajstić information content (AvgIpc) is 3.29. The molecule has 1 N–H and O–H groups in total. The molecule has 1 aromatic heterocycles. The number of benzene rings is 1. The van der Waals surface area contributed by atoms with Gasteiger partial charge < -0.3 is 9.26 Å². The zero-order valence-corrected chi connectivity index (χ0v) is 22.1. The van der Waals surface area contributed by atoms with E-state index in [0.717, 1.165) is 5.69 Å². The van der Waals surface area contributed by atoms with Gasteiger partial charge in [-0.15, -0.1) is 0 Å². The van der Waals surface area contributed by atoms with Gasteiger partial charge in [0.25, 0.3) is 0 Å². The number of carbonyl (C=O) groups is 1. The molecule has 1 aliphatic carbocycles. The standard InChI is InChI=1S/C25H38FN3O3Si/c1-24(2,3)29-22(28-31-23(30)17-12-10-9-11-13-17)16-20(27-29)18-14-19(26)21(15-18)32-33(7,8)25(4,5)6/h9-13,16,18-19,21,28H,14-15H2,1-8H3/t18-,19+,21?/m1/s1. The number of alkyl halides is 1. The van der Waals surface area contributed by atoms with Crippen LogP contribution in [0, 0.1) is 0 Å². The molecule has 0 radical (unpaired) electrons. The van der Waals surface area contributed by atoms with Crippen LogP contribution in [-0.2, 0) is 14.8 Å². The second-order valence-electron chi connectivity index (χ2n) is 11.5. The summed E-state index contributed by atoms with van der Waals surface area (Å²) in [5.41, 5.74) is 3.66. The topological polar surface area (TPSA) is 65.4 Å². The van der Waals surface area contributed by atoms with Gasteiger partial charge in [-0.25, -0.2) is 19.3 Å². The van der Waals surface area contributed by atoms with Crippen molar-refractivity contribution in [2.45, 2.75) is 96.2 Å². The van der Waals surface area contributed by atoms with E-state index in [9.17, 15) is 4.79 Å². The van der Waals surface area contributed by atoms with Gasteiger partial charge in [0.1, 0.15) is 6.17 Å². The van der Waals surface area contributed by atoms with Gasteiger partial charge in [0.15, 0.2) is 14.1 Å². The first-order valence-corrected chi connectivity index (χ1v) is 14.5. The molecule has 1 saturated carbocycles. The van der Waals surface area contributed by atoms with Crippen LogP contribution in [0.4, 0.5) is 10.2 Å². The van der Waals surface area contributed by atoms with Gasteiger partial charge in [-0.05, 0) is 63.9 Å². The Bertz CT molecular complexity index is 964. The van der Waals surface area contributed by atoms with Gasteiger partial charge in [-0.2, -0.15) is 5.10 Å². The van der Waals surface area contributed by atoms with Crippen LogP contribution >= 0.6 is 0 Å². The molecule has 1 unspecified atom stereocenters. The van der Waals surface area contributed by atoms with Crippen molar-refractivity contribution in [3.8, 4) is 0 Å². The third-order valence-corrected chi connectivity index (χ3v) is 11.2. The van der Waals surface area contributed by atoms with Gasteiger partial charge >= 0.3 is 5.97 Å².